The summed E-state index contributed by atoms with van der Waals surface area (Å²) in [4.78, 5) is 17.4. The first-order valence-corrected chi connectivity index (χ1v) is 11.1. The van der Waals surface area contributed by atoms with Crippen molar-refractivity contribution in [2.75, 3.05) is 26.2 Å². The average Bonchev–Trinajstić information content (AvgIpc) is 3.59. The summed E-state index contributed by atoms with van der Waals surface area (Å²) in [5.41, 5.74) is 2.50. The number of nitrogens with one attached hydrogen (secondary N) is 1. The van der Waals surface area contributed by atoms with E-state index in [0.29, 0.717) is 12.6 Å². The molecule has 0 bridgehead atoms. The Hall–Kier alpha value is -2.17. The van der Waals surface area contributed by atoms with E-state index in [9.17, 15) is 4.79 Å². The summed E-state index contributed by atoms with van der Waals surface area (Å²) in [7, 11) is 0. The fourth-order valence-corrected chi connectivity index (χ4v) is 4.13. The minimum atomic E-state index is 0.262. The van der Waals surface area contributed by atoms with Crippen LogP contribution < -0.4 is 5.32 Å². The van der Waals surface area contributed by atoms with Crippen molar-refractivity contribution in [3.05, 3.63) is 71.8 Å². The maximum Gasteiger partial charge on any atom is 0.236 e. The van der Waals surface area contributed by atoms with Gasteiger partial charge in [-0.3, -0.25) is 9.69 Å². The van der Waals surface area contributed by atoms with Crippen molar-refractivity contribution in [1.82, 2.24) is 15.1 Å². The lowest BCUT2D eigenvalue weighted by Crippen LogP contribution is -2.48. The summed E-state index contributed by atoms with van der Waals surface area (Å²) in [6.07, 6.45) is 4.94. The summed E-state index contributed by atoms with van der Waals surface area (Å²) in [5.74, 6) is 1.18. The van der Waals surface area contributed by atoms with Gasteiger partial charge in [-0.1, -0.05) is 60.7 Å². The number of rotatable bonds is 9. The fourth-order valence-electron chi connectivity index (χ4n) is 4.13. The van der Waals surface area contributed by atoms with E-state index in [1.807, 2.05) is 12.1 Å². The third kappa shape index (κ3) is 6.41. The predicted octanol–water partition coefficient (Wildman–Crippen LogP) is 3.68. The standard InChI is InChI=1S/C25H33N3O/c29-25(28-15-13-24(14-16-28)26-17-21-11-12-21)20-27(18-22-7-3-1-4-8-22)19-23-9-5-2-6-10-23/h1-10,21,24,26H,11-20H2. The molecule has 2 aliphatic rings. The topological polar surface area (TPSA) is 35.6 Å². The first-order chi connectivity index (χ1) is 14.3. The lowest BCUT2D eigenvalue weighted by atomic mass is 10.0. The number of piperidine rings is 1. The normalized spacial score (nSPS) is 17.6. The molecular formula is C25H33N3O. The van der Waals surface area contributed by atoms with Crippen molar-refractivity contribution in [1.29, 1.82) is 0 Å². The van der Waals surface area contributed by atoms with Crippen LogP contribution in [0.25, 0.3) is 0 Å². The fraction of sp³-hybridized carbons (Fsp3) is 0.480. The second kappa shape index (κ2) is 10.0. The van der Waals surface area contributed by atoms with E-state index in [0.717, 1.165) is 44.9 Å². The predicted molar refractivity (Wildman–Crippen MR) is 117 cm³/mol. The monoisotopic (exact) mass is 391 g/mol. The first kappa shape index (κ1) is 20.1. The molecule has 4 nitrogen and oxygen atoms in total. The quantitative estimate of drug-likeness (QED) is 0.708. The van der Waals surface area contributed by atoms with Gasteiger partial charge < -0.3 is 10.2 Å². The molecule has 1 amide bonds. The van der Waals surface area contributed by atoms with Crippen molar-refractivity contribution in [3.8, 4) is 0 Å². The van der Waals surface area contributed by atoms with Crippen LogP contribution in [0.4, 0.5) is 0 Å². The molecule has 2 fully saturated rings. The molecule has 1 saturated heterocycles. The van der Waals surface area contributed by atoms with E-state index in [1.54, 1.807) is 0 Å². The van der Waals surface area contributed by atoms with Gasteiger partial charge in [-0.25, -0.2) is 0 Å². The van der Waals surface area contributed by atoms with E-state index in [2.05, 4.69) is 63.6 Å². The molecule has 1 aliphatic heterocycles. The molecule has 2 aromatic carbocycles. The van der Waals surface area contributed by atoms with Gasteiger partial charge in [0.15, 0.2) is 0 Å². The summed E-state index contributed by atoms with van der Waals surface area (Å²) in [5, 5.41) is 3.70. The van der Waals surface area contributed by atoms with Gasteiger partial charge in [0.2, 0.25) is 5.91 Å². The Kier molecular flexibility index (Phi) is 6.96. The molecule has 2 aromatic rings. The van der Waals surface area contributed by atoms with Gasteiger partial charge in [-0.05, 0) is 49.3 Å². The Morgan fingerprint density at radius 3 is 1.93 bits per heavy atom. The van der Waals surface area contributed by atoms with Crippen molar-refractivity contribution in [2.45, 2.75) is 44.8 Å². The van der Waals surface area contributed by atoms with Gasteiger partial charge in [0, 0.05) is 32.2 Å². The number of hydrogen-bond acceptors (Lipinski definition) is 3. The maximum atomic E-state index is 13.0. The number of carbonyl (C=O) groups excluding carboxylic acids is 1. The van der Waals surface area contributed by atoms with Crippen molar-refractivity contribution in [2.24, 2.45) is 5.92 Å². The van der Waals surface area contributed by atoms with Crippen LogP contribution in [0.5, 0.6) is 0 Å². The highest BCUT2D eigenvalue weighted by atomic mass is 16.2. The Balaban J connectivity index is 1.31. The van der Waals surface area contributed by atoms with Gasteiger partial charge in [-0.2, -0.15) is 0 Å². The number of hydrogen-bond donors (Lipinski definition) is 1. The highest BCUT2D eigenvalue weighted by Crippen LogP contribution is 2.28. The number of nitrogens with zero attached hydrogens (tertiary/aromatic N) is 2. The van der Waals surface area contributed by atoms with Crippen molar-refractivity contribution < 1.29 is 4.79 Å². The number of amides is 1. The molecule has 4 rings (SSSR count). The molecule has 0 aromatic heterocycles. The SMILES string of the molecule is O=C(CN(Cc1ccccc1)Cc1ccccc1)N1CCC(NCC2CC2)CC1. The average molecular weight is 392 g/mol. The molecule has 29 heavy (non-hydrogen) atoms. The van der Waals surface area contributed by atoms with Gasteiger partial charge in [-0.15, -0.1) is 0 Å². The zero-order valence-corrected chi connectivity index (χ0v) is 17.3. The lowest BCUT2D eigenvalue weighted by molar-refractivity contribution is -0.133. The molecule has 0 radical (unpaired) electrons. The van der Waals surface area contributed by atoms with Crippen molar-refractivity contribution >= 4 is 5.91 Å². The number of carbonyl (C=O) groups is 1. The molecule has 1 N–H and O–H groups in total. The third-order valence-corrected chi connectivity index (χ3v) is 6.10. The van der Waals surface area contributed by atoms with Crippen LogP contribution in [0.1, 0.15) is 36.8 Å². The van der Waals surface area contributed by atoms with Crippen LogP contribution in [0, 0.1) is 5.92 Å². The van der Waals surface area contributed by atoms with Crippen molar-refractivity contribution in [3.63, 3.8) is 0 Å². The second-order valence-electron chi connectivity index (χ2n) is 8.62. The molecule has 1 aliphatic carbocycles. The van der Waals surface area contributed by atoms with Gasteiger partial charge in [0.1, 0.15) is 0 Å². The van der Waals surface area contributed by atoms with Gasteiger partial charge in [0.05, 0.1) is 6.54 Å². The Labute approximate surface area is 174 Å². The molecule has 1 heterocycles. The van der Waals surface area contributed by atoms with Crippen LogP contribution in [0.15, 0.2) is 60.7 Å². The van der Waals surface area contributed by atoms with Crippen LogP contribution in [0.3, 0.4) is 0 Å². The maximum absolute atomic E-state index is 13.0. The summed E-state index contributed by atoms with van der Waals surface area (Å²) >= 11 is 0. The highest BCUT2D eigenvalue weighted by molar-refractivity contribution is 5.78. The molecule has 154 valence electrons. The van der Waals surface area contributed by atoms with E-state index < -0.39 is 0 Å². The number of likely N-dealkylation sites (tertiary alicyclic amines) is 1. The number of benzene rings is 2. The molecular weight excluding hydrogens is 358 g/mol. The molecule has 0 spiro atoms. The Morgan fingerprint density at radius 2 is 1.41 bits per heavy atom. The van der Waals surface area contributed by atoms with E-state index >= 15 is 0 Å². The Morgan fingerprint density at radius 1 is 0.862 bits per heavy atom. The molecule has 1 saturated carbocycles. The van der Waals surface area contributed by atoms with Crippen LogP contribution >= 0.6 is 0 Å². The smallest absolute Gasteiger partial charge is 0.236 e. The highest BCUT2D eigenvalue weighted by Gasteiger charge is 2.26. The molecule has 0 unspecified atom stereocenters. The molecule has 4 heteroatoms. The third-order valence-electron chi connectivity index (χ3n) is 6.10. The summed E-state index contributed by atoms with van der Waals surface area (Å²) in [6.45, 7) is 4.99. The van der Waals surface area contributed by atoms with Gasteiger partial charge in [0.25, 0.3) is 0 Å². The summed E-state index contributed by atoms with van der Waals surface area (Å²) < 4.78 is 0. The van der Waals surface area contributed by atoms with Gasteiger partial charge >= 0.3 is 0 Å². The van der Waals surface area contributed by atoms with Crippen LogP contribution in [-0.4, -0.2) is 47.9 Å². The first-order valence-electron chi connectivity index (χ1n) is 11.1. The Bertz CT molecular complexity index is 711. The zero-order valence-electron chi connectivity index (χ0n) is 17.3. The van der Waals surface area contributed by atoms with Crippen LogP contribution in [0.2, 0.25) is 0 Å². The summed E-state index contributed by atoms with van der Waals surface area (Å²) in [6, 6.07) is 21.5. The van der Waals surface area contributed by atoms with E-state index in [-0.39, 0.29) is 5.91 Å². The second-order valence-corrected chi connectivity index (χ2v) is 8.62. The zero-order chi connectivity index (χ0) is 19.9. The lowest BCUT2D eigenvalue weighted by Gasteiger charge is -2.34. The van der Waals surface area contributed by atoms with E-state index in [1.165, 1.54) is 30.5 Å². The van der Waals surface area contributed by atoms with Crippen LogP contribution in [-0.2, 0) is 17.9 Å². The largest absolute Gasteiger partial charge is 0.341 e. The van der Waals surface area contributed by atoms with E-state index in [4.69, 9.17) is 0 Å². The minimum Gasteiger partial charge on any atom is -0.341 e. The minimum absolute atomic E-state index is 0.262. The molecule has 0 atom stereocenters.